The molecule has 24 heavy (non-hydrogen) atoms. The van der Waals surface area contributed by atoms with E-state index in [4.69, 9.17) is 22.1 Å². The summed E-state index contributed by atoms with van der Waals surface area (Å²) in [6.07, 6.45) is 3.62. The van der Waals surface area contributed by atoms with E-state index in [2.05, 4.69) is 11.6 Å². The van der Waals surface area contributed by atoms with E-state index in [1.165, 1.54) is 12.1 Å². The highest BCUT2D eigenvalue weighted by Crippen LogP contribution is 2.33. The maximum absolute atomic E-state index is 13.6. The number of anilines is 1. The summed E-state index contributed by atoms with van der Waals surface area (Å²) in [6.45, 7) is 7.28. The predicted octanol–water partition coefficient (Wildman–Crippen LogP) is 4.42. The predicted molar refractivity (Wildman–Crippen MR) is 94.2 cm³/mol. The zero-order valence-electron chi connectivity index (χ0n) is 13.4. The SMILES string of the molecule is C=C/C(=C\C)c1cnc(N)c(OC(O)c2c(C)ccc(F)c2Cl)c1. The Morgan fingerprint density at radius 2 is 2.21 bits per heavy atom. The molecule has 4 nitrogen and oxygen atoms in total. The van der Waals surface area contributed by atoms with Gasteiger partial charge in [0.1, 0.15) is 5.82 Å². The third kappa shape index (κ3) is 3.58. The maximum Gasteiger partial charge on any atom is 0.226 e. The van der Waals surface area contributed by atoms with Crippen LogP contribution in [-0.2, 0) is 0 Å². The van der Waals surface area contributed by atoms with Crippen molar-refractivity contribution < 1.29 is 14.2 Å². The largest absolute Gasteiger partial charge is 0.457 e. The molecule has 0 aliphatic carbocycles. The van der Waals surface area contributed by atoms with Crippen LogP contribution >= 0.6 is 11.6 Å². The van der Waals surface area contributed by atoms with Crippen molar-refractivity contribution in [1.29, 1.82) is 0 Å². The lowest BCUT2D eigenvalue weighted by Crippen LogP contribution is -2.11. The van der Waals surface area contributed by atoms with Crippen molar-refractivity contribution in [2.75, 3.05) is 5.73 Å². The number of benzene rings is 1. The van der Waals surface area contributed by atoms with Crippen LogP contribution in [0.2, 0.25) is 5.02 Å². The number of aromatic nitrogens is 1. The van der Waals surface area contributed by atoms with Gasteiger partial charge in [-0.05, 0) is 37.1 Å². The minimum atomic E-state index is -1.48. The lowest BCUT2D eigenvalue weighted by atomic mass is 10.1. The number of nitrogens with zero attached hydrogens (tertiary/aromatic N) is 1. The van der Waals surface area contributed by atoms with Crippen LogP contribution in [0.15, 0.2) is 43.1 Å². The van der Waals surface area contributed by atoms with Crippen molar-refractivity contribution in [3.05, 3.63) is 70.7 Å². The van der Waals surface area contributed by atoms with E-state index in [1.807, 2.05) is 13.0 Å². The molecule has 126 valence electrons. The third-order valence-electron chi connectivity index (χ3n) is 3.58. The number of nitrogens with two attached hydrogens (primary N) is 1. The second-order valence-electron chi connectivity index (χ2n) is 5.12. The molecule has 1 aromatic carbocycles. The number of pyridine rings is 1. The van der Waals surface area contributed by atoms with Gasteiger partial charge in [-0.15, -0.1) is 0 Å². The number of ether oxygens (including phenoxy) is 1. The monoisotopic (exact) mass is 348 g/mol. The first-order valence-electron chi connectivity index (χ1n) is 7.22. The number of allylic oxidation sites excluding steroid dienone is 3. The lowest BCUT2D eigenvalue weighted by Gasteiger charge is -2.18. The summed E-state index contributed by atoms with van der Waals surface area (Å²) in [5, 5.41) is 10.1. The zero-order valence-corrected chi connectivity index (χ0v) is 14.1. The van der Waals surface area contributed by atoms with Crippen molar-refractivity contribution >= 4 is 23.0 Å². The Morgan fingerprint density at radius 3 is 2.83 bits per heavy atom. The van der Waals surface area contributed by atoms with Crippen molar-refractivity contribution in [3.63, 3.8) is 0 Å². The van der Waals surface area contributed by atoms with Gasteiger partial charge in [0.15, 0.2) is 11.6 Å². The van der Waals surface area contributed by atoms with E-state index < -0.39 is 12.1 Å². The average Bonchev–Trinajstić information content (AvgIpc) is 2.55. The molecule has 2 aromatic rings. The molecule has 3 N–H and O–H groups in total. The van der Waals surface area contributed by atoms with Crippen molar-refractivity contribution in [2.45, 2.75) is 20.1 Å². The van der Waals surface area contributed by atoms with Crippen LogP contribution in [0, 0.1) is 12.7 Å². The number of nitrogen functional groups attached to an aromatic ring is 1. The summed E-state index contributed by atoms with van der Waals surface area (Å²) in [7, 11) is 0. The molecular formula is C18H18ClFN2O2. The van der Waals surface area contributed by atoms with Crippen LogP contribution in [0.1, 0.15) is 29.9 Å². The average molecular weight is 349 g/mol. The normalized spacial score (nSPS) is 12.8. The lowest BCUT2D eigenvalue weighted by molar-refractivity contribution is -0.0196. The maximum atomic E-state index is 13.6. The summed E-state index contributed by atoms with van der Waals surface area (Å²) in [5.41, 5.74) is 8.11. The minimum Gasteiger partial charge on any atom is -0.457 e. The quantitative estimate of drug-likeness (QED) is 0.619. The van der Waals surface area contributed by atoms with E-state index in [9.17, 15) is 9.50 Å². The molecule has 0 amide bonds. The van der Waals surface area contributed by atoms with Gasteiger partial charge < -0.3 is 15.6 Å². The fraction of sp³-hybridized carbons (Fsp3) is 0.167. The Labute approximate surface area is 145 Å². The van der Waals surface area contributed by atoms with Gasteiger partial charge in [0, 0.05) is 17.3 Å². The summed E-state index contributed by atoms with van der Waals surface area (Å²) in [5.74, 6) is -0.369. The first-order chi connectivity index (χ1) is 11.4. The third-order valence-corrected chi connectivity index (χ3v) is 3.97. The van der Waals surface area contributed by atoms with Crippen LogP contribution in [0.25, 0.3) is 5.57 Å². The standard InChI is InChI=1S/C18H18ClFN2O2/c1-4-11(5-2)12-8-14(17(21)22-9-12)24-18(23)15-10(3)6-7-13(20)16(15)19/h4-9,18,23H,1H2,2-3H3,(H2,21,22)/b11-5+. The fourth-order valence-corrected chi connectivity index (χ4v) is 2.56. The van der Waals surface area contributed by atoms with E-state index in [0.717, 1.165) is 11.1 Å². The number of aliphatic hydroxyl groups excluding tert-OH is 1. The summed E-state index contributed by atoms with van der Waals surface area (Å²) in [6, 6.07) is 4.37. The molecule has 1 heterocycles. The Morgan fingerprint density at radius 1 is 1.50 bits per heavy atom. The molecule has 0 aliphatic rings. The van der Waals surface area contributed by atoms with E-state index in [-0.39, 0.29) is 22.2 Å². The highest BCUT2D eigenvalue weighted by Gasteiger charge is 2.20. The molecule has 1 unspecified atom stereocenters. The van der Waals surface area contributed by atoms with Gasteiger partial charge >= 0.3 is 0 Å². The second-order valence-corrected chi connectivity index (χ2v) is 5.50. The van der Waals surface area contributed by atoms with Crippen LogP contribution in [0.5, 0.6) is 5.75 Å². The number of halogens is 2. The molecule has 6 heteroatoms. The highest BCUT2D eigenvalue weighted by molar-refractivity contribution is 6.31. The van der Waals surface area contributed by atoms with Gasteiger partial charge in [-0.2, -0.15) is 0 Å². The first kappa shape index (κ1) is 18.0. The van der Waals surface area contributed by atoms with Crippen LogP contribution in [0.4, 0.5) is 10.2 Å². The van der Waals surface area contributed by atoms with Gasteiger partial charge in [0.05, 0.1) is 5.02 Å². The number of hydrogen-bond acceptors (Lipinski definition) is 4. The molecule has 0 aliphatic heterocycles. The smallest absolute Gasteiger partial charge is 0.226 e. The van der Waals surface area contributed by atoms with Crippen LogP contribution < -0.4 is 10.5 Å². The molecule has 0 spiro atoms. The fourth-order valence-electron chi connectivity index (χ4n) is 2.26. The zero-order chi connectivity index (χ0) is 17.9. The van der Waals surface area contributed by atoms with E-state index in [1.54, 1.807) is 25.3 Å². The van der Waals surface area contributed by atoms with Crippen LogP contribution in [0.3, 0.4) is 0 Å². The Balaban J connectivity index is 2.39. The van der Waals surface area contributed by atoms with E-state index in [0.29, 0.717) is 5.56 Å². The number of aliphatic hydroxyl groups is 1. The minimum absolute atomic E-state index is 0.0995. The van der Waals surface area contributed by atoms with Gasteiger partial charge in [-0.25, -0.2) is 9.37 Å². The van der Waals surface area contributed by atoms with Crippen molar-refractivity contribution in [3.8, 4) is 5.75 Å². The number of hydrogen-bond donors (Lipinski definition) is 2. The highest BCUT2D eigenvalue weighted by atomic mass is 35.5. The van der Waals surface area contributed by atoms with Gasteiger partial charge in [-0.1, -0.05) is 36.4 Å². The Kier molecular flexibility index (Phi) is 5.59. The summed E-state index contributed by atoms with van der Waals surface area (Å²) >= 11 is 5.94. The topological polar surface area (TPSA) is 68.4 Å². The summed E-state index contributed by atoms with van der Waals surface area (Å²) < 4.78 is 19.1. The number of rotatable bonds is 5. The molecule has 0 saturated heterocycles. The molecule has 0 fully saturated rings. The van der Waals surface area contributed by atoms with Crippen LogP contribution in [-0.4, -0.2) is 10.1 Å². The van der Waals surface area contributed by atoms with Crippen molar-refractivity contribution in [2.24, 2.45) is 0 Å². The van der Waals surface area contributed by atoms with Gasteiger partial charge in [-0.3, -0.25) is 0 Å². The Bertz CT molecular complexity index is 806. The summed E-state index contributed by atoms with van der Waals surface area (Å²) in [4.78, 5) is 4.05. The van der Waals surface area contributed by atoms with Crippen molar-refractivity contribution in [1.82, 2.24) is 4.98 Å². The molecule has 2 rings (SSSR count). The second kappa shape index (κ2) is 7.47. The first-order valence-corrected chi connectivity index (χ1v) is 7.60. The molecule has 1 aromatic heterocycles. The van der Waals surface area contributed by atoms with Gasteiger partial charge in [0.25, 0.3) is 0 Å². The van der Waals surface area contributed by atoms with E-state index >= 15 is 0 Å². The molecule has 0 saturated carbocycles. The van der Waals surface area contributed by atoms with Gasteiger partial charge in [0.2, 0.25) is 6.29 Å². The molecular weight excluding hydrogens is 331 g/mol. The number of aryl methyl sites for hydroxylation is 1. The molecule has 1 atom stereocenters. The molecule has 0 radical (unpaired) electrons. The molecule has 0 bridgehead atoms. The Hall–Kier alpha value is -2.37.